The van der Waals surface area contributed by atoms with E-state index >= 15 is 0 Å². The number of benzene rings is 2. The Morgan fingerprint density at radius 3 is 2.47 bits per heavy atom. The van der Waals surface area contributed by atoms with Gasteiger partial charge in [-0.3, -0.25) is 14.5 Å². The van der Waals surface area contributed by atoms with Gasteiger partial charge in [-0.2, -0.15) is 13.2 Å². The Morgan fingerprint density at radius 2 is 1.79 bits per heavy atom. The molecule has 4 rings (SSSR count). The molecule has 2 fully saturated rings. The van der Waals surface area contributed by atoms with Crippen molar-refractivity contribution >= 4 is 29.2 Å². The third-order valence-electron chi connectivity index (χ3n) is 5.64. The maximum atomic E-state index is 13.3. The van der Waals surface area contributed by atoms with Crippen LogP contribution >= 0.6 is 0 Å². The number of carbonyl (C=O) groups is 3. The van der Waals surface area contributed by atoms with Crippen LogP contribution in [0.25, 0.3) is 0 Å². The lowest BCUT2D eigenvalue weighted by Gasteiger charge is -2.31. The molecule has 1 unspecified atom stereocenters. The van der Waals surface area contributed by atoms with Gasteiger partial charge in [-0.25, -0.2) is 4.79 Å². The average Bonchev–Trinajstić information content (AvgIpc) is 3.07. The van der Waals surface area contributed by atoms with E-state index in [0.717, 1.165) is 22.6 Å². The van der Waals surface area contributed by atoms with Crippen LogP contribution in [0, 0.1) is 0 Å². The highest BCUT2D eigenvalue weighted by Gasteiger charge is 2.39. The van der Waals surface area contributed by atoms with Gasteiger partial charge >= 0.3 is 12.2 Å². The monoisotopic (exact) mass is 476 g/mol. The molecule has 0 aliphatic carbocycles. The zero-order valence-corrected chi connectivity index (χ0v) is 18.1. The normalized spacial score (nSPS) is 18.7. The van der Waals surface area contributed by atoms with Crippen molar-refractivity contribution in [3.63, 3.8) is 0 Å². The summed E-state index contributed by atoms with van der Waals surface area (Å²) < 4.78 is 45.1. The summed E-state index contributed by atoms with van der Waals surface area (Å²) in [4.78, 5) is 40.3. The lowest BCUT2D eigenvalue weighted by atomic mass is 10.1. The average molecular weight is 476 g/mol. The van der Waals surface area contributed by atoms with E-state index in [-0.39, 0.29) is 12.1 Å². The second kappa shape index (κ2) is 9.72. The smallest absolute Gasteiger partial charge is 0.378 e. The summed E-state index contributed by atoms with van der Waals surface area (Å²) in [5, 5.41) is 5.01. The van der Waals surface area contributed by atoms with Crippen molar-refractivity contribution in [3.05, 3.63) is 59.7 Å². The van der Waals surface area contributed by atoms with Crippen LogP contribution in [0.3, 0.4) is 0 Å². The maximum Gasteiger partial charge on any atom is 0.416 e. The second-order valence-corrected chi connectivity index (χ2v) is 7.99. The van der Waals surface area contributed by atoms with Gasteiger partial charge in [0.1, 0.15) is 12.6 Å². The molecule has 180 valence electrons. The molecule has 0 aromatic heterocycles. The highest BCUT2D eigenvalue weighted by molar-refractivity contribution is 6.08. The summed E-state index contributed by atoms with van der Waals surface area (Å²) in [5.74, 6) is -1.35. The van der Waals surface area contributed by atoms with Crippen molar-refractivity contribution in [2.24, 2.45) is 0 Å². The highest BCUT2D eigenvalue weighted by Crippen LogP contribution is 2.35. The molecule has 2 aliphatic heterocycles. The number of ether oxygens (including phenoxy) is 1. The largest absolute Gasteiger partial charge is 0.416 e. The summed E-state index contributed by atoms with van der Waals surface area (Å²) >= 11 is 0. The molecule has 2 aromatic carbocycles. The zero-order valence-electron chi connectivity index (χ0n) is 18.1. The zero-order chi connectivity index (χ0) is 24.3. The standard InChI is InChI=1S/C23H23F3N4O4/c24-23(25,26)16-6-7-19(29-8-10-34-11-9-29)17(13-16)27-20(31)14-30-21(32)18(28-22(30)33)12-15-4-2-1-3-5-15/h1-7,13,18H,8-12,14H2,(H,27,31)(H,28,33). The molecule has 4 amide bonds. The van der Waals surface area contributed by atoms with Crippen molar-refractivity contribution in [1.82, 2.24) is 10.2 Å². The fraction of sp³-hybridized carbons (Fsp3) is 0.348. The number of rotatable bonds is 6. The first-order valence-corrected chi connectivity index (χ1v) is 10.7. The van der Waals surface area contributed by atoms with Gasteiger partial charge in [-0.1, -0.05) is 30.3 Å². The minimum Gasteiger partial charge on any atom is -0.378 e. The Hall–Kier alpha value is -3.60. The quantitative estimate of drug-likeness (QED) is 0.626. The van der Waals surface area contributed by atoms with E-state index in [9.17, 15) is 27.6 Å². The number of carbonyl (C=O) groups excluding carboxylic acids is 3. The molecule has 34 heavy (non-hydrogen) atoms. The molecule has 2 N–H and O–H groups in total. The van der Waals surface area contributed by atoms with E-state index in [0.29, 0.717) is 32.0 Å². The van der Waals surface area contributed by atoms with E-state index < -0.39 is 42.2 Å². The van der Waals surface area contributed by atoms with E-state index in [1.165, 1.54) is 6.07 Å². The predicted octanol–water partition coefficient (Wildman–Crippen LogP) is 2.64. The number of imide groups is 1. The predicted molar refractivity (Wildman–Crippen MR) is 117 cm³/mol. The molecule has 0 radical (unpaired) electrons. The van der Waals surface area contributed by atoms with E-state index in [2.05, 4.69) is 10.6 Å². The summed E-state index contributed by atoms with van der Waals surface area (Å²) in [6.07, 6.45) is -4.34. The first kappa shape index (κ1) is 23.6. The lowest BCUT2D eigenvalue weighted by molar-refractivity contribution is -0.137. The number of urea groups is 1. The van der Waals surface area contributed by atoms with Gasteiger partial charge in [0.2, 0.25) is 5.91 Å². The van der Waals surface area contributed by atoms with Gasteiger partial charge < -0.3 is 20.3 Å². The molecule has 11 heteroatoms. The van der Waals surface area contributed by atoms with Crippen LogP contribution in [-0.2, 0) is 26.9 Å². The molecule has 0 saturated carbocycles. The summed E-state index contributed by atoms with van der Waals surface area (Å²) in [6, 6.07) is 10.6. The van der Waals surface area contributed by atoms with Gasteiger partial charge in [0.15, 0.2) is 0 Å². The Balaban J connectivity index is 1.48. The molecule has 0 spiro atoms. The topological polar surface area (TPSA) is 91.0 Å². The number of nitrogens with zero attached hydrogens (tertiary/aromatic N) is 2. The number of hydrogen-bond donors (Lipinski definition) is 2. The van der Waals surface area contributed by atoms with Crippen LogP contribution in [0.15, 0.2) is 48.5 Å². The first-order chi connectivity index (χ1) is 16.2. The molecular weight excluding hydrogens is 453 g/mol. The third kappa shape index (κ3) is 5.30. The lowest BCUT2D eigenvalue weighted by Crippen LogP contribution is -2.39. The number of anilines is 2. The maximum absolute atomic E-state index is 13.3. The number of halogens is 3. The molecule has 8 nitrogen and oxygen atoms in total. The van der Waals surface area contributed by atoms with Crippen molar-refractivity contribution in [3.8, 4) is 0 Å². The van der Waals surface area contributed by atoms with Crippen LogP contribution in [0.2, 0.25) is 0 Å². The number of morpholine rings is 1. The molecule has 0 bridgehead atoms. The van der Waals surface area contributed by atoms with Crippen LogP contribution in [0.4, 0.5) is 29.3 Å². The molecule has 2 aromatic rings. The fourth-order valence-corrected chi connectivity index (χ4v) is 3.94. The number of hydrogen-bond acceptors (Lipinski definition) is 5. The number of nitrogens with one attached hydrogen (secondary N) is 2. The van der Waals surface area contributed by atoms with Crippen LogP contribution in [0.5, 0.6) is 0 Å². The minimum absolute atomic E-state index is 0.0467. The van der Waals surface area contributed by atoms with E-state index in [1.807, 2.05) is 35.2 Å². The molecule has 2 saturated heterocycles. The van der Waals surface area contributed by atoms with Crippen LogP contribution in [-0.4, -0.2) is 61.6 Å². The summed E-state index contributed by atoms with van der Waals surface area (Å²) in [5.41, 5.74) is 0.280. The second-order valence-electron chi connectivity index (χ2n) is 7.99. The number of alkyl halides is 3. The SMILES string of the molecule is O=C(CN1C(=O)NC(Cc2ccccc2)C1=O)Nc1cc(C(F)(F)F)ccc1N1CCOCC1. The van der Waals surface area contributed by atoms with Gasteiger partial charge in [0, 0.05) is 19.5 Å². The van der Waals surface area contributed by atoms with E-state index in [4.69, 9.17) is 4.74 Å². The third-order valence-corrected chi connectivity index (χ3v) is 5.64. The molecule has 1 atom stereocenters. The van der Waals surface area contributed by atoms with Crippen molar-refractivity contribution < 1.29 is 32.3 Å². The number of amides is 4. The van der Waals surface area contributed by atoms with Gasteiger partial charge in [0.05, 0.1) is 30.2 Å². The minimum atomic E-state index is -4.60. The van der Waals surface area contributed by atoms with E-state index in [1.54, 1.807) is 0 Å². The molecular formula is C23H23F3N4O4. The summed E-state index contributed by atoms with van der Waals surface area (Å²) in [7, 11) is 0. The Labute approximate surface area is 193 Å². The van der Waals surface area contributed by atoms with Crippen molar-refractivity contribution in [2.75, 3.05) is 43.1 Å². The van der Waals surface area contributed by atoms with Gasteiger partial charge in [-0.15, -0.1) is 0 Å². The Morgan fingerprint density at radius 1 is 1.09 bits per heavy atom. The fourth-order valence-electron chi connectivity index (χ4n) is 3.94. The Kier molecular flexibility index (Phi) is 6.73. The van der Waals surface area contributed by atoms with Crippen LogP contribution in [0.1, 0.15) is 11.1 Å². The highest BCUT2D eigenvalue weighted by atomic mass is 19.4. The molecule has 2 heterocycles. The van der Waals surface area contributed by atoms with Crippen molar-refractivity contribution in [1.29, 1.82) is 0 Å². The van der Waals surface area contributed by atoms with Gasteiger partial charge in [0.25, 0.3) is 5.91 Å². The Bertz CT molecular complexity index is 1070. The first-order valence-electron chi connectivity index (χ1n) is 10.7. The molecule has 2 aliphatic rings. The van der Waals surface area contributed by atoms with Crippen molar-refractivity contribution in [2.45, 2.75) is 18.6 Å². The van der Waals surface area contributed by atoms with Crippen LogP contribution < -0.4 is 15.5 Å². The summed E-state index contributed by atoms with van der Waals surface area (Å²) in [6.45, 7) is 1.08. The van der Waals surface area contributed by atoms with Gasteiger partial charge in [-0.05, 0) is 23.8 Å².